The Balaban J connectivity index is 0.00000288. The van der Waals surface area contributed by atoms with Crippen LogP contribution in [0.2, 0.25) is 0 Å². The van der Waals surface area contributed by atoms with E-state index in [0.717, 1.165) is 23.6 Å². The zero-order valence-electron chi connectivity index (χ0n) is 14.0. The van der Waals surface area contributed by atoms with Crippen LogP contribution in [-0.2, 0) is 0 Å². The molecule has 2 aromatic rings. The molecule has 2 aromatic carbocycles. The summed E-state index contributed by atoms with van der Waals surface area (Å²) < 4.78 is 10.9. The lowest BCUT2D eigenvalue weighted by Gasteiger charge is -2.10. The molecule has 0 heterocycles. The molecule has 0 radical (unpaired) electrons. The van der Waals surface area contributed by atoms with E-state index in [1.165, 1.54) is 5.56 Å². The number of methoxy groups -OCH3 is 1. The maximum Gasteiger partial charge on any atom is 0.193 e. The third-order valence-electron chi connectivity index (χ3n) is 3.24. The number of hydrogen-bond acceptors (Lipinski definition) is 3. The Labute approximate surface area is 160 Å². The van der Waals surface area contributed by atoms with Crippen molar-refractivity contribution in [1.29, 1.82) is 0 Å². The number of para-hydroxylation sites is 2. The molecule has 0 unspecified atom stereocenters. The minimum absolute atomic E-state index is 0. The van der Waals surface area contributed by atoms with Crippen molar-refractivity contribution in [2.24, 2.45) is 10.7 Å². The van der Waals surface area contributed by atoms with Gasteiger partial charge in [-0.2, -0.15) is 0 Å². The molecule has 0 atom stereocenters. The lowest BCUT2D eigenvalue weighted by molar-refractivity contribution is 0.313. The Morgan fingerprint density at radius 1 is 1.12 bits per heavy atom. The quantitative estimate of drug-likeness (QED) is 0.297. The van der Waals surface area contributed by atoms with Gasteiger partial charge in [0.25, 0.3) is 0 Å². The second-order valence-corrected chi connectivity index (χ2v) is 5.11. The summed E-state index contributed by atoms with van der Waals surface area (Å²) in [6, 6.07) is 15.6. The summed E-state index contributed by atoms with van der Waals surface area (Å²) in [4.78, 5) is 4.29. The molecule has 0 saturated carbocycles. The van der Waals surface area contributed by atoms with E-state index >= 15 is 0 Å². The van der Waals surface area contributed by atoms with Gasteiger partial charge >= 0.3 is 0 Å². The SMILES string of the molecule is COc1ccccc1NC(N)=NCCCOc1ccc(C)cc1.I. The van der Waals surface area contributed by atoms with Crippen LogP contribution in [0.5, 0.6) is 11.5 Å². The fraction of sp³-hybridized carbons (Fsp3) is 0.278. The zero-order chi connectivity index (χ0) is 16.5. The smallest absolute Gasteiger partial charge is 0.193 e. The van der Waals surface area contributed by atoms with Gasteiger partial charge in [0.15, 0.2) is 5.96 Å². The van der Waals surface area contributed by atoms with Gasteiger partial charge in [0.1, 0.15) is 11.5 Å². The van der Waals surface area contributed by atoms with Crippen LogP contribution in [0.4, 0.5) is 5.69 Å². The third-order valence-corrected chi connectivity index (χ3v) is 3.24. The minimum atomic E-state index is 0. The van der Waals surface area contributed by atoms with Crippen LogP contribution in [0, 0.1) is 6.92 Å². The van der Waals surface area contributed by atoms with E-state index < -0.39 is 0 Å². The number of benzene rings is 2. The van der Waals surface area contributed by atoms with Crippen LogP contribution >= 0.6 is 24.0 Å². The number of nitrogens with one attached hydrogen (secondary N) is 1. The molecule has 0 bridgehead atoms. The van der Waals surface area contributed by atoms with Crippen molar-refractivity contribution in [3.8, 4) is 11.5 Å². The van der Waals surface area contributed by atoms with E-state index in [-0.39, 0.29) is 24.0 Å². The highest BCUT2D eigenvalue weighted by atomic mass is 127. The summed E-state index contributed by atoms with van der Waals surface area (Å²) in [5, 5.41) is 3.04. The number of ether oxygens (including phenoxy) is 2. The molecule has 0 amide bonds. The molecule has 130 valence electrons. The van der Waals surface area contributed by atoms with Crippen molar-refractivity contribution in [3.05, 3.63) is 54.1 Å². The lowest BCUT2D eigenvalue weighted by Crippen LogP contribution is -2.23. The van der Waals surface area contributed by atoms with Crippen molar-refractivity contribution in [2.75, 3.05) is 25.6 Å². The van der Waals surface area contributed by atoms with Crippen LogP contribution in [0.25, 0.3) is 0 Å². The molecule has 0 aliphatic rings. The van der Waals surface area contributed by atoms with Crippen molar-refractivity contribution >= 4 is 35.6 Å². The van der Waals surface area contributed by atoms with E-state index in [4.69, 9.17) is 15.2 Å². The first-order chi connectivity index (χ1) is 11.2. The summed E-state index contributed by atoms with van der Waals surface area (Å²) in [6.07, 6.45) is 0.794. The molecule has 0 spiro atoms. The molecule has 6 heteroatoms. The summed E-state index contributed by atoms with van der Waals surface area (Å²) in [5.74, 6) is 1.97. The molecule has 0 aliphatic heterocycles. The molecular formula is C18H24IN3O2. The molecule has 5 nitrogen and oxygen atoms in total. The number of nitrogens with two attached hydrogens (primary N) is 1. The standard InChI is InChI=1S/C18H23N3O2.HI/c1-14-8-10-15(11-9-14)23-13-5-12-20-18(19)21-16-6-3-4-7-17(16)22-2;/h3-4,6-11H,5,12-13H2,1-2H3,(H3,19,20,21);1H. The molecule has 0 aromatic heterocycles. The van der Waals surface area contributed by atoms with Crippen LogP contribution in [-0.4, -0.2) is 26.2 Å². The largest absolute Gasteiger partial charge is 0.495 e. The zero-order valence-corrected chi connectivity index (χ0v) is 16.3. The van der Waals surface area contributed by atoms with Gasteiger partial charge < -0.3 is 20.5 Å². The highest BCUT2D eigenvalue weighted by Gasteiger charge is 2.02. The highest BCUT2D eigenvalue weighted by Crippen LogP contribution is 2.22. The maximum atomic E-state index is 5.88. The predicted molar refractivity (Wildman–Crippen MR) is 110 cm³/mol. The van der Waals surface area contributed by atoms with E-state index in [0.29, 0.717) is 19.1 Å². The topological polar surface area (TPSA) is 68.9 Å². The van der Waals surface area contributed by atoms with E-state index in [9.17, 15) is 0 Å². The molecule has 3 N–H and O–H groups in total. The van der Waals surface area contributed by atoms with Crippen molar-refractivity contribution in [1.82, 2.24) is 0 Å². The highest BCUT2D eigenvalue weighted by molar-refractivity contribution is 14.0. The monoisotopic (exact) mass is 441 g/mol. The van der Waals surface area contributed by atoms with Gasteiger partial charge in [-0.3, -0.25) is 4.99 Å². The number of guanidine groups is 1. The minimum Gasteiger partial charge on any atom is -0.495 e. The van der Waals surface area contributed by atoms with Gasteiger partial charge in [0.05, 0.1) is 19.4 Å². The Kier molecular flexibility index (Phi) is 8.99. The van der Waals surface area contributed by atoms with Crippen molar-refractivity contribution < 1.29 is 9.47 Å². The Morgan fingerprint density at radius 3 is 2.54 bits per heavy atom. The summed E-state index contributed by atoms with van der Waals surface area (Å²) in [5.41, 5.74) is 7.90. The van der Waals surface area contributed by atoms with Gasteiger partial charge in [-0.15, -0.1) is 24.0 Å². The lowest BCUT2D eigenvalue weighted by atomic mass is 10.2. The number of rotatable bonds is 7. The molecule has 24 heavy (non-hydrogen) atoms. The van der Waals surface area contributed by atoms with Crippen LogP contribution in [0.15, 0.2) is 53.5 Å². The molecule has 0 aliphatic carbocycles. The summed E-state index contributed by atoms with van der Waals surface area (Å²) in [6.45, 7) is 3.25. The van der Waals surface area contributed by atoms with E-state index in [1.54, 1.807) is 7.11 Å². The number of hydrogen-bond donors (Lipinski definition) is 2. The molecular weight excluding hydrogens is 417 g/mol. The number of nitrogens with zero attached hydrogens (tertiary/aromatic N) is 1. The average Bonchev–Trinajstić information content (AvgIpc) is 2.57. The van der Waals surface area contributed by atoms with Crippen LogP contribution in [0.3, 0.4) is 0 Å². The second-order valence-electron chi connectivity index (χ2n) is 5.11. The number of anilines is 1. The first-order valence-electron chi connectivity index (χ1n) is 7.58. The normalized spacial score (nSPS) is 10.7. The van der Waals surface area contributed by atoms with Gasteiger partial charge in [-0.1, -0.05) is 29.8 Å². The van der Waals surface area contributed by atoms with Crippen molar-refractivity contribution in [2.45, 2.75) is 13.3 Å². The van der Waals surface area contributed by atoms with Gasteiger partial charge in [0.2, 0.25) is 0 Å². The fourth-order valence-electron chi connectivity index (χ4n) is 2.01. The van der Waals surface area contributed by atoms with E-state index in [1.807, 2.05) is 48.5 Å². The average molecular weight is 441 g/mol. The fourth-order valence-corrected chi connectivity index (χ4v) is 2.01. The van der Waals surface area contributed by atoms with E-state index in [2.05, 4.69) is 17.2 Å². The predicted octanol–water partition coefficient (Wildman–Crippen LogP) is 3.82. The molecule has 2 rings (SSSR count). The Bertz CT molecular complexity index is 645. The Morgan fingerprint density at radius 2 is 1.83 bits per heavy atom. The maximum absolute atomic E-state index is 5.88. The van der Waals surface area contributed by atoms with Gasteiger partial charge in [-0.05, 0) is 31.2 Å². The second kappa shape index (κ2) is 10.7. The van der Waals surface area contributed by atoms with Crippen LogP contribution in [0.1, 0.15) is 12.0 Å². The molecule has 0 saturated heterocycles. The number of halogens is 1. The van der Waals surface area contributed by atoms with Gasteiger partial charge in [-0.25, -0.2) is 0 Å². The summed E-state index contributed by atoms with van der Waals surface area (Å²) in [7, 11) is 1.62. The number of aryl methyl sites for hydroxylation is 1. The van der Waals surface area contributed by atoms with Crippen LogP contribution < -0.4 is 20.5 Å². The first-order valence-corrected chi connectivity index (χ1v) is 7.58. The third kappa shape index (κ3) is 6.66. The van der Waals surface area contributed by atoms with Crippen molar-refractivity contribution in [3.63, 3.8) is 0 Å². The van der Waals surface area contributed by atoms with Gasteiger partial charge in [0, 0.05) is 13.0 Å². The summed E-state index contributed by atoms with van der Waals surface area (Å²) >= 11 is 0. The molecule has 0 fully saturated rings. The Hall–Kier alpha value is -1.96. The number of aliphatic imine (C=N–C) groups is 1. The first kappa shape index (κ1) is 20.1.